The van der Waals surface area contributed by atoms with Crippen LogP contribution in [0.4, 0.5) is 16.0 Å². The number of ether oxygens (including phenoxy) is 1. The van der Waals surface area contributed by atoms with Crippen molar-refractivity contribution in [2.75, 3.05) is 39.6 Å². The zero-order chi connectivity index (χ0) is 24.7. The van der Waals surface area contributed by atoms with Crippen LogP contribution >= 0.6 is 0 Å². The van der Waals surface area contributed by atoms with Crippen LogP contribution < -0.4 is 14.8 Å². The van der Waals surface area contributed by atoms with E-state index in [9.17, 15) is 12.8 Å². The first-order chi connectivity index (χ1) is 16.2. The fourth-order valence-electron chi connectivity index (χ4n) is 3.41. The lowest BCUT2D eigenvalue weighted by Gasteiger charge is -2.14. The van der Waals surface area contributed by atoms with Crippen LogP contribution in [0.2, 0.25) is 0 Å². The van der Waals surface area contributed by atoms with Gasteiger partial charge in [0.15, 0.2) is 11.6 Å². The predicted octanol–water partition coefficient (Wildman–Crippen LogP) is 3.83. The van der Waals surface area contributed by atoms with Gasteiger partial charge in [0.1, 0.15) is 0 Å². The molecule has 3 aromatic rings. The molecule has 0 radical (unpaired) electrons. The Morgan fingerprint density at radius 2 is 1.91 bits per heavy atom. The molecular weight excluding hydrogens is 457 g/mol. The summed E-state index contributed by atoms with van der Waals surface area (Å²) in [7, 11) is 1.69. The second kappa shape index (κ2) is 11.4. The van der Waals surface area contributed by atoms with Crippen molar-refractivity contribution in [2.24, 2.45) is 0 Å². The molecule has 0 aliphatic carbocycles. The normalized spacial score (nSPS) is 11.6. The van der Waals surface area contributed by atoms with Crippen molar-refractivity contribution < 1.29 is 17.5 Å². The highest BCUT2D eigenvalue weighted by Crippen LogP contribution is 2.26. The van der Waals surface area contributed by atoms with Crippen molar-refractivity contribution in [3.05, 3.63) is 60.0 Å². The van der Waals surface area contributed by atoms with Gasteiger partial charge in [0.25, 0.3) is 0 Å². The lowest BCUT2D eigenvalue weighted by Crippen LogP contribution is -2.28. The van der Waals surface area contributed by atoms with Crippen molar-refractivity contribution in [1.29, 1.82) is 0 Å². The Bertz CT molecular complexity index is 1240. The van der Waals surface area contributed by atoms with Crippen LogP contribution in [0.1, 0.15) is 18.9 Å². The summed E-state index contributed by atoms with van der Waals surface area (Å²) in [5, 5.41) is 3.11. The second-order valence-corrected chi connectivity index (χ2v) is 9.71. The molecule has 0 saturated carbocycles. The third kappa shape index (κ3) is 6.49. The Hall–Kier alpha value is -3.08. The molecule has 10 heteroatoms. The molecule has 34 heavy (non-hydrogen) atoms. The molecule has 1 heterocycles. The van der Waals surface area contributed by atoms with E-state index in [1.165, 1.54) is 13.2 Å². The summed E-state index contributed by atoms with van der Waals surface area (Å²) in [6.45, 7) is 3.07. The van der Waals surface area contributed by atoms with Gasteiger partial charge in [-0.2, -0.15) is 0 Å². The highest BCUT2D eigenvalue weighted by molar-refractivity contribution is 7.89. The average molecular weight is 488 g/mol. The maximum atomic E-state index is 14.1. The average Bonchev–Trinajstić information content (AvgIpc) is 2.81. The van der Waals surface area contributed by atoms with Gasteiger partial charge in [-0.15, -0.1) is 0 Å². The number of aryl methyl sites for hydroxylation is 1. The summed E-state index contributed by atoms with van der Waals surface area (Å²) in [6.07, 6.45) is 2.83. The first-order valence-corrected chi connectivity index (χ1v) is 12.4. The van der Waals surface area contributed by atoms with Crippen molar-refractivity contribution in [2.45, 2.75) is 24.7 Å². The van der Waals surface area contributed by atoms with Gasteiger partial charge < -0.3 is 15.0 Å². The van der Waals surface area contributed by atoms with Gasteiger partial charge in [-0.05, 0) is 81.5 Å². The van der Waals surface area contributed by atoms with Crippen molar-refractivity contribution in [3.8, 4) is 17.0 Å². The molecule has 0 amide bonds. The van der Waals surface area contributed by atoms with Crippen molar-refractivity contribution in [3.63, 3.8) is 0 Å². The number of halogens is 1. The predicted molar refractivity (Wildman–Crippen MR) is 131 cm³/mol. The zero-order valence-corrected chi connectivity index (χ0v) is 20.6. The Balaban J connectivity index is 1.78. The summed E-state index contributed by atoms with van der Waals surface area (Å²) >= 11 is 0. The van der Waals surface area contributed by atoms with Crippen molar-refractivity contribution >= 4 is 21.7 Å². The Labute approximate surface area is 200 Å². The lowest BCUT2D eigenvalue weighted by molar-refractivity contribution is 0.386. The minimum atomic E-state index is -3.62. The lowest BCUT2D eigenvalue weighted by atomic mass is 10.1. The van der Waals surface area contributed by atoms with Crippen LogP contribution in [-0.2, 0) is 16.4 Å². The summed E-state index contributed by atoms with van der Waals surface area (Å²) in [5.74, 6) is -0.00786. The van der Waals surface area contributed by atoms with Crippen LogP contribution in [0, 0.1) is 5.82 Å². The highest BCUT2D eigenvalue weighted by Gasteiger charge is 2.18. The molecule has 2 N–H and O–H groups in total. The SMILES string of the molecule is CCc1cc(Nc2nccc(-c3ccc(OC)c(F)c3)n2)ccc1S(=O)(=O)NCCCN(C)C. The van der Waals surface area contributed by atoms with E-state index in [-0.39, 0.29) is 10.6 Å². The molecule has 3 rings (SSSR count). The van der Waals surface area contributed by atoms with E-state index in [1.807, 2.05) is 25.9 Å². The summed E-state index contributed by atoms with van der Waals surface area (Å²) < 4.78 is 47.3. The van der Waals surface area contributed by atoms with E-state index in [0.717, 1.165) is 13.0 Å². The molecule has 0 aliphatic rings. The number of benzene rings is 2. The quantitative estimate of drug-likeness (QED) is 0.397. The fourth-order valence-corrected chi connectivity index (χ4v) is 4.77. The highest BCUT2D eigenvalue weighted by atomic mass is 32.2. The Morgan fingerprint density at radius 3 is 2.59 bits per heavy atom. The smallest absolute Gasteiger partial charge is 0.240 e. The van der Waals surface area contributed by atoms with Crippen molar-refractivity contribution in [1.82, 2.24) is 19.6 Å². The molecule has 0 spiro atoms. The monoisotopic (exact) mass is 487 g/mol. The van der Waals surface area contributed by atoms with Gasteiger partial charge in [0.2, 0.25) is 16.0 Å². The molecule has 0 aliphatic heterocycles. The van der Waals surface area contributed by atoms with Gasteiger partial charge in [0.05, 0.1) is 17.7 Å². The van der Waals surface area contributed by atoms with E-state index < -0.39 is 15.8 Å². The number of methoxy groups -OCH3 is 1. The van der Waals surface area contributed by atoms with E-state index >= 15 is 0 Å². The minimum absolute atomic E-state index is 0.158. The number of rotatable bonds is 11. The third-order valence-electron chi connectivity index (χ3n) is 5.16. The van der Waals surface area contributed by atoms with E-state index in [1.54, 1.807) is 42.6 Å². The van der Waals surface area contributed by atoms with Crippen LogP contribution in [0.25, 0.3) is 11.3 Å². The van der Waals surface area contributed by atoms with Gasteiger partial charge in [-0.1, -0.05) is 6.92 Å². The maximum Gasteiger partial charge on any atom is 0.240 e. The molecule has 0 unspecified atom stereocenters. The van der Waals surface area contributed by atoms with Gasteiger partial charge >= 0.3 is 0 Å². The van der Waals surface area contributed by atoms with Gasteiger partial charge in [-0.3, -0.25) is 0 Å². The number of nitrogens with zero attached hydrogens (tertiary/aromatic N) is 3. The van der Waals surface area contributed by atoms with Crippen LogP contribution in [0.5, 0.6) is 5.75 Å². The molecule has 182 valence electrons. The first-order valence-electron chi connectivity index (χ1n) is 10.9. The van der Waals surface area contributed by atoms with E-state index in [2.05, 4.69) is 20.0 Å². The minimum Gasteiger partial charge on any atom is -0.494 e. The molecule has 0 saturated heterocycles. The number of sulfonamides is 1. The maximum absolute atomic E-state index is 14.1. The standard InChI is InChI=1S/C24H30FN5O3S/c1-5-17-15-19(8-10-23(17)34(31,32)27-12-6-14-30(2)3)28-24-26-13-11-21(29-24)18-7-9-22(33-4)20(25)16-18/h7-11,13,15-16,27H,5-6,12,14H2,1-4H3,(H,26,28,29). The topological polar surface area (TPSA) is 96.5 Å². The largest absolute Gasteiger partial charge is 0.494 e. The fraction of sp³-hybridized carbons (Fsp3) is 0.333. The molecule has 2 aromatic carbocycles. The number of nitrogens with one attached hydrogen (secondary N) is 2. The summed E-state index contributed by atoms with van der Waals surface area (Å²) in [4.78, 5) is 11.0. The van der Waals surface area contributed by atoms with Crippen LogP contribution in [-0.4, -0.2) is 57.6 Å². The Kier molecular flexibility index (Phi) is 8.54. The molecule has 1 aromatic heterocycles. The zero-order valence-electron chi connectivity index (χ0n) is 19.8. The molecule has 8 nitrogen and oxygen atoms in total. The van der Waals surface area contributed by atoms with Crippen LogP contribution in [0.3, 0.4) is 0 Å². The van der Waals surface area contributed by atoms with Gasteiger partial charge in [-0.25, -0.2) is 27.5 Å². The number of hydrogen-bond acceptors (Lipinski definition) is 7. The molecule has 0 fully saturated rings. The number of aromatic nitrogens is 2. The molecular formula is C24H30FN5O3S. The number of hydrogen-bond donors (Lipinski definition) is 2. The second-order valence-electron chi connectivity index (χ2n) is 7.97. The van der Waals surface area contributed by atoms with Gasteiger partial charge in [0, 0.05) is 24.0 Å². The Morgan fingerprint density at radius 1 is 1.12 bits per heavy atom. The first kappa shape index (κ1) is 25.5. The molecule has 0 atom stereocenters. The molecule has 0 bridgehead atoms. The van der Waals surface area contributed by atoms with E-state index in [0.29, 0.717) is 41.4 Å². The van der Waals surface area contributed by atoms with Crippen LogP contribution in [0.15, 0.2) is 53.6 Å². The summed E-state index contributed by atoms with van der Waals surface area (Å²) in [5.41, 5.74) is 2.45. The number of anilines is 2. The summed E-state index contributed by atoms with van der Waals surface area (Å²) in [6, 6.07) is 11.3. The third-order valence-corrected chi connectivity index (χ3v) is 6.73. The van der Waals surface area contributed by atoms with E-state index in [4.69, 9.17) is 4.74 Å².